The van der Waals surface area contributed by atoms with Crippen LogP contribution in [0.1, 0.15) is 18.5 Å². The molecule has 0 heterocycles. The predicted octanol–water partition coefficient (Wildman–Crippen LogP) is 4.51. The number of benzene rings is 2. The Bertz CT molecular complexity index is 796. The largest absolute Gasteiger partial charge is 0.243 e. The molecule has 0 fully saturated rings. The third-order valence-corrected chi connectivity index (χ3v) is 5.92. The summed E-state index contributed by atoms with van der Waals surface area (Å²) in [5.41, 5.74) is 0.619. The molecule has 0 radical (unpaired) electrons. The Morgan fingerprint density at radius 2 is 1.82 bits per heavy atom. The molecule has 3 nitrogen and oxygen atoms in total. The Labute approximate surface area is 139 Å². The van der Waals surface area contributed by atoms with E-state index in [2.05, 4.69) is 0 Å². The van der Waals surface area contributed by atoms with Crippen molar-refractivity contribution in [1.29, 1.82) is 0 Å². The van der Waals surface area contributed by atoms with Crippen molar-refractivity contribution in [2.45, 2.75) is 17.9 Å². The van der Waals surface area contributed by atoms with Crippen molar-refractivity contribution in [3.63, 3.8) is 0 Å². The molecule has 0 aromatic heterocycles. The van der Waals surface area contributed by atoms with Crippen LogP contribution in [0, 0.1) is 5.82 Å². The van der Waals surface area contributed by atoms with Crippen LogP contribution in [0.5, 0.6) is 0 Å². The number of sulfonamides is 1. The van der Waals surface area contributed by atoms with E-state index in [0.29, 0.717) is 15.6 Å². The van der Waals surface area contributed by atoms with Crippen molar-refractivity contribution < 1.29 is 12.8 Å². The van der Waals surface area contributed by atoms with E-state index < -0.39 is 21.9 Å². The normalized spacial score (nSPS) is 13.4. The van der Waals surface area contributed by atoms with Crippen molar-refractivity contribution in [1.82, 2.24) is 4.31 Å². The minimum Gasteiger partial charge on any atom is -0.207 e. The topological polar surface area (TPSA) is 37.4 Å². The van der Waals surface area contributed by atoms with Gasteiger partial charge in [0.05, 0.1) is 4.90 Å². The second-order valence-corrected chi connectivity index (χ2v) is 7.66. The number of hydrogen-bond donors (Lipinski definition) is 0. The van der Waals surface area contributed by atoms with Crippen LogP contribution in [0.2, 0.25) is 10.0 Å². The lowest BCUT2D eigenvalue weighted by atomic mass is 10.1. The van der Waals surface area contributed by atoms with E-state index in [4.69, 9.17) is 23.2 Å². The van der Waals surface area contributed by atoms with Gasteiger partial charge >= 0.3 is 0 Å². The molecule has 1 atom stereocenters. The molecular formula is C15H14Cl2FNO2S. The molecule has 0 N–H and O–H groups in total. The highest BCUT2D eigenvalue weighted by atomic mass is 35.5. The predicted molar refractivity (Wildman–Crippen MR) is 86.2 cm³/mol. The number of hydrogen-bond acceptors (Lipinski definition) is 2. The first kappa shape index (κ1) is 17.2. The molecule has 2 aromatic carbocycles. The van der Waals surface area contributed by atoms with Gasteiger partial charge in [-0.25, -0.2) is 12.8 Å². The monoisotopic (exact) mass is 361 g/mol. The van der Waals surface area contributed by atoms with Gasteiger partial charge in [0.25, 0.3) is 0 Å². The zero-order valence-corrected chi connectivity index (χ0v) is 14.3. The lowest BCUT2D eigenvalue weighted by molar-refractivity contribution is 0.398. The molecule has 2 rings (SSSR count). The van der Waals surface area contributed by atoms with Gasteiger partial charge in [0.1, 0.15) is 5.82 Å². The first-order valence-electron chi connectivity index (χ1n) is 6.42. The Hall–Kier alpha value is -1.14. The molecule has 0 saturated carbocycles. The van der Waals surface area contributed by atoms with E-state index in [1.807, 2.05) is 0 Å². The maximum absolute atomic E-state index is 13.3. The molecule has 0 unspecified atom stereocenters. The fourth-order valence-electron chi connectivity index (χ4n) is 2.04. The molecule has 0 amide bonds. The summed E-state index contributed by atoms with van der Waals surface area (Å²) in [6.45, 7) is 1.70. The van der Waals surface area contributed by atoms with E-state index in [0.717, 1.165) is 10.4 Å². The highest BCUT2D eigenvalue weighted by Gasteiger charge is 2.27. The minimum absolute atomic E-state index is 0.105. The van der Waals surface area contributed by atoms with Crippen LogP contribution in [-0.4, -0.2) is 19.8 Å². The van der Waals surface area contributed by atoms with Gasteiger partial charge < -0.3 is 0 Å². The second kappa shape index (κ2) is 6.54. The minimum atomic E-state index is -3.83. The summed E-state index contributed by atoms with van der Waals surface area (Å²) in [7, 11) is -2.41. The van der Waals surface area contributed by atoms with Crippen molar-refractivity contribution in [2.24, 2.45) is 0 Å². The third kappa shape index (κ3) is 3.43. The average molecular weight is 362 g/mol. The molecule has 7 heteroatoms. The van der Waals surface area contributed by atoms with Gasteiger partial charge in [0, 0.05) is 23.1 Å². The lowest BCUT2D eigenvalue weighted by Crippen LogP contribution is -2.30. The Balaban J connectivity index is 2.39. The highest BCUT2D eigenvalue weighted by Crippen LogP contribution is 2.32. The van der Waals surface area contributed by atoms with E-state index >= 15 is 0 Å². The number of halogens is 3. The highest BCUT2D eigenvalue weighted by molar-refractivity contribution is 7.89. The fraction of sp³-hybridized carbons (Fsp3) is 0.200. The summed E-state index contributed by atoms with van der Waals surface area (Å²) in [4.78, 5) is -0.105. The molecular weight excluding hydrogens is 348 g/mol. The van der Waals surface area contributed by atoms with Crippen molar-refractivity contribution in [3.8, 4) is 0 Å². The van der Waals surface area contributed by atoms with Crippen LogP contribution >= 0.6 is 23.2 Å². The summed E-state index contributed by atoms with van der Waals surface area (Å²) in [6, 6.07) is 9.23. The van der Waals surface area contributed by atoms with E-state index in [-0.39, 0.29) is 4.90 Å². The molecule has 0 spiro atoms. The molecule has 2 aromatic rings. The zero-order valence-electron chi connectivity index (χ0n) is 11.9. The summed E-state index contributed by atoms with van der Waals surface area (Å²) in [5, 5.41) is 0.845. The maximum atomic E-state index is 13.3. The second-order valence-electron chi connectivity index (χ2n) is 4.82. The fourth-order valence-corrected chi connectivity index (χ4v) is 3.98. The van der Waals surface area contributed by atoms with Gasteiger partial charge in [-0.1, -0.05) is 35.3 Å². The first-order chi connectivity index (χ1) is 10.2. The molecule has 22 heavy (non-hydrogen) atoms. The molecule has 0 aliphatic rings. The smallest absolute Gasteiger partial charge is 0.207 e. The van der Waals surface area contributed by atoms with E-state index in [1.165, 1.54) is 25.2 Å². The SMILES string of the molecule is C[C@H](c1ccc(Cl)cc1Cl)N(C)S(=O)(=O)c1cccc(F)c1. The summed E-state index contributed by atoms with van der Waals surface area (Å²) in [6.07, 6.45) is 0. The Morgan fingerprint density at radius 1 is 1.14 bits per heavy atom. The van der Waals surface area contributed by atoms with Crippen LogP contribution in [0.15, 0.2) is 47.4 Å². The van der Waals surface area contributed by atoms with Crippen LogP contribution in [0.4, 0.5) is 4.39 Å². The Morgan fingerprint density at radius 3 is 2.41 bits per heavy atom. The van der Waals surface area contributed by atoms with Gasteiger partial charge in [-0.3, -0.25) is 0 Å². The lowest BCUT2D eigenvalue weighted by Gasteiger charge is -2.25. The van der Waals surface area contributed by atoms with E-state index in [1.54, 1.807) is 25.1 Å². The van der Waals surface area contributed by atoms with Crippen LogP contribution in [0.25, 0.3) is 0 Å². The third-order valence-electron chi connectivity index (χ3n) is 3.43. The molecule has 0 aliphatic carbocycles. The van der Waals surface area contributed by atoms with Crippen molar-refractivity contribution in [3.05, 3.63) is 63.9 Å². The van der Waals surface area contributed by atoms with Crippen molar-refractivity contribution in [2.75, 3.05) is 7.05 Å². The first-order valence-corrected chi connectivity index (χ1v) is 8.61. The van der Waals surface area contributed by atoms with Gasteiger partial charge in [-0.05, 0) is 42.8 Å². The average Bonchev–Trinajstić information content (AvgIpc) is 2.45. The molecule has 0 bridgehead atoms. The quantitative estimate of drug-likeness (QED) is 0.802. The summed E-state index contributed by atoms with van der Waals surface area (Å²) in [5.74, 6) is -0.605. The molecule has 118 valence electrons. The summed E-state index contributed by atoms with van der Waals surface area (Å²) >= 11 is 12.0. The summed E-state index contributed by atoms with van der Waals surface area (Å²) < 4.78 is 39.6. The van der Waals surface area contributed by atoms with E-state index in [9.17, 15) is 12.8 Å². The van der Waals surface area contributed by atoms with Crippen LogP contribution in [-0.2, 0) is 10.0 Å². The Kier molecular flexibility index (Phi) is 5.12. The van der Waals surface area contributed by atoms with Gasteiger partial charge in [-0.2, -0.15) is 4.31 Å². The van der Waals surface area contributed by atoms with Gasteiger partial charge in [0.2, 0.25) is 10.0 Å². The number of rotatable bonds is 4. The van der Waals surface area contributed by atoms with Crippen LogP contribution in [0.3, 0.4) is 0 Å². The standard InChI is InChI=1S/C15H14Cl2FNO2S/c1-10(14-7-6-11(16)8-15(14)17)19(2)22(20,21)13-5-3-4-12(18)9-13/h3-10H,1-2H3/t10-/m1/s1. The number of nitrogens with zero attached hydrogens (tertiary/aromatic N) is 1. The van der Waals surface area contributed by atoms with Gasteiger partial charge in [0.15, 0.2) is 0 Å². The van der Waals surface area contributed by atoms with Gasteiger partial charge in [-0.15, -0.1) is 0 Å². The molecule has 0 saturated heterocycles. The molecule has 0 aliphatic heterocycles. The zero-order chi connectivity index (χ0) is 16.5. The van der Waals surface area contributed by atoms with Crippen molar-refractivity contribution >= 4 is 33.2 Å². The maximum Gasteiger partial charge on any atom is 0.243 e. The van der Waals surface area contributed by atoms with Crippen LogP contribution < -0.4 is 0 Å².